The Bertz CT molecular complexity index is 243. The standard InChI is InChI=1S/C14H25NO/c16-14-7-3-6-13(14)15-9-8-11-4-1-2-5-12(11)10-15/h11-14,16H,1-10H2/t11?,12?,13-,14-/m1/s1. The van der Waals surface area contributed by atoms with E-state index in [2.05, 4.69) is 4.90 Å². The molecule has 0 spiro atoms. The Hall–Kier alpha value is -0.0800. The van der Waals surface area contributed by atoms with Gasteiger partial charge in [-0.1, -0.05) is 19.3 Å². The Morgan fingerprint density at radius 3 is 2.38 bits per heavy atom. The van der Waals surface area contributed by atoms with Crippen molar-refractivity contribution < 1.29 is 5.11 Å². The van der Waals surface area contributed by atoms with Gasteiger partial charge in [-0.2, -0.15) is 0 Å². The number of fused-ring (bicyclic) bond motifs is 1. The lowest BCUT2D eigenvalue weighted by molar-refractivity contribution is 0.0128. The van der Waals surface area contributed by atoms with Crippen molar-refractivity contribution in [1.29, 1.82) is 0 Å². The molecule has 0 aromatic carbocycles. The summed E-state index contributed by atoms with van der Waals surface area (Å²) >= 11 is 0. The average molecular weight is 223 g/mol. The van der Waals surface area contributed by atoms with Crippen molar-refractivity contribution in [3.8, 4) is 0 Å². The summed E-state index contributed by atoms with van der Waals surface area (Å²) in [4.78, 5) is 2.62. The maximum Gasteiger partial charge on any atom is 0.0695 e. The van der Waals surface area contributed by atoms with E-state index in [9.17, 15) is 5.11 Å². The van der Waals surface area contributed by atoms with Gasteiger partial charge in [-0.25, -0.2) is 0 Å². The van der Waals surface area contributed by atoms with Gasteiger partial charge in [0.15, 0.2) is 0 Å². The highest BCUT2D eigenvalue weighted by Crippen LogP contribution is 2.38. The molecule has 0 radical (unpaired) electrons. The summed E-state index contributed by atoms with van der Waals surface area (Å²) in [6.07, 6.45) is 10.7. The molecule has 3 aliphatic rings. The van der Waals surface area contributed by atoms with Gasteiger partial charge in [0, 0.05) is 12.6 Å². The van der Waals surface area contributed by atoms with Gasteiger partial charge in [0.25, 0.3) is 0 Å². The maximum absolute atomic E-state index is 10.00. The molecule has 0 aromatic heterocycles. The molecular formula is C14H25NO. The second-order valence-corrected chi connectivity index (χ2v) is 6.15. The molecule has 0 aromatic rings. The van der Waals surface area contributed by atoms with Gasteiger partial charge >= 0.3 is 0 Å². The van der Waals surface area contributed by atoms with Crippen molar-refractivity contribution in [3.05, 3.63) is 0 Å². The van der Waals surface area contributed by atoms with Gasteiger partial charge in [0.1, 0.15) is 0 Å². The number of piperidine rings is 1. The molecule has 1 heterocycles. The number of nitrogens with zero attached hydrogens (tertiary/aromatic N) is 1. The van der Waals surface area contributed by atoms with Crippen LogP contribution in [0.2, 0.25) is 0 Å². The number of likely N-dealkylation sites (tertiary alicyclic amines) is 1. The van der Waals surface area contributed by atoms with Crippen LogP contribution in [0, 0.1) is 11.8 Å². The lowest BCUT2D eigenvalue weighted by Crippen LogP contribution is -2.49. The number of hydrogen-bond acceptors (Lipinski definition) is 2. The van der Waals surface area contributed by atoms with Gasteiger partial charge in [0.2, 0.25) is 0 Å². The molecule has 2 unspecified atom stereocenters. The number of hydrogen-bond donors (Lipinski definition) is 1. The molecule has 2 aliphatic carbocycles. The third-order valence-corrected chi connectivity index (χ3v) is 5.24. The lowest BCUT2D eigenvalue weighted by Gasteiger charge is -2.44. The fraction of sp³-hybridized carbons (Fsp3) is 1.00. The summed E-state index contributed by atoms with van der Waals surface area (Å²) in [5, 5.41) is 10.00. The molecule has 3 rings (SSSR count). The fourth-order valence-corrected chi connectivity index (χ4v) is 4.28. The molecule has 1 aliphatic heterocycles. The maximum atomic E-state index is 10.00. The van der Waals surface area contributed by atoms with Crippen molar-refractivity contribution in [2.45, 2.75) is 63.5 Å². The second-order valence-electron chi connectivity index (χ2n) is 6.15. The molecule has 2 saturated carbocycles. The minimum Gasteiger partial charge on any atom is -0.391 e. The highest BCUT2D eigenvalue weighted by Gasteiger charge is 2.37. The predicted octanol–water partition coefficient (Wildman–Crippen LogP) is 2.41. The topological polar surface area (TPSA) is 23.5 Å². The monoisotopic (exact) mass is 223 g/mol. The van der Waals surface area contributed by atoms with Crippen molar-refractivity contribution in [1.82, 2.24) is 4.90 Å². The van der Waals surface area contributed by atoms with Crippen LogP contribution in [0.4, 0.5) is 0 Å². The minimum absolute atomic E-state index is 0.0276. The summed E-state index contributed by atoms with van der Waals surface area (Å²) in [5.41, 5.74) is 0. The Morgan fingerprint density at radius 2 is 1.62 bits per heavy atom. The zero-order chi connectivity index (χ0) is 11.0. The summed E-state index contributed by atoms with van der Waals surface area (Å²) in [6, 6.07) is 0.503. The average Bonchev–Trinajstić information content (AvgIpc) is 2.75. The van der Waals surface area contributed by atoms with E-state index < -0.39 is 0 Å². The third-order valence-electron chi connectivity index (χ3n) is 5.24. The molecule has 1 N–H and O–H groups in total. The normalized spacial score (nSPS) is 45.6. The van der Waals surface area contributed by atoms with Crippen LogP contribution in [0.15, 0.2) is 0 Å². The number of aliphatic hydroxyl groups is 1. The molecule has 16 heavy (non-hydrogen) atoms. The zero-order valence-electron chi connectivity index (χ0n) is 10.3. The van der Waals surface area contributed by atoms with Crippen molar-refractivity contribution >= 4 is 0 Å². The molecule has 4 atom stereocenters. The van der Waals surface area contributed by atoms with Crippen molar-refractivity contribution in [2.24, 2.45) is 11.8 Å². The van der Waals surface area contributed by atoms with E-state index in [0.717, 1.165) is 18.3 Å². The van der Waals surface area contributed by atoms with Gasteiger partial charge in [-0.15, -0.1) is 0 Å². The first kappa shape index (κ1) is 11.0. The van der Waals surface area contributed by atoms with E-state index in [1.807, 2.05) is 0 Å². The molecular weight excluding hydrogens is 198 g/mol. The Labute approximate surface area is 99.0 Å². The van der Waals surface area contributed by atoms with Crippen LogP contribution in [-0.2, 0) is 0 Å². The van der Waals surface area contributed by atoms with Crippen LogP contribution in [0.1, 0.15) is 51.4 Å². The first-order valence-corrected chi connectivity index (χ1v) is 7.27. The van der Waals surface area contributed by atoms with E-state index in [4.69, 9.17) is 0 Å². The van der Waals surface area contributed by atoms with E-state index in [-0.39, 0.29) is 6.10 Å². The van der Waals surface area contributed by atoms with Crippen LogP contribution in [0.3, 0.4) is 0 Å². The van der Waals surface area contributed by atoms with Crippen molar-refractivity contribution in [3.63, 3.8) is 0 Å². The Morgan fingerprint density at radius 1 is 0.812 bits per heavy atom. The molecule has 92 valence electrons. The molecule has 2 nitrogen and oxygen atoms in total. The molecule has 0 amide bonds. The zero-order valence-corrected chi connectivity index (χ0v) is 10.3. The predicted molar refractivity (Wildman–Crippen MR) is 65.3 cm³/mol. The fourth-order valence-electron chi connectivity index (χ4n) is 4.28. The summed E-state index contributed by atoms with van der Waals surface area (Å²) in [5.74, 6) is 1.97. The van der Waals surface area contributed by atoms with Gasteiger partial charge < -0.3 is 5.11 Å². The van der Waals surface area contributed by atoms with Crippen molar-refractivity contribution in [2.75, 3.05) is 13.1 Å². The van der Waals surface area contributed by atoms with E-state index in [1.165, 1.54) is 58.0 Å². The summed E-state index contributed by atoms with van der Waals surface area (Å²) in [7, 11) is 0. The number of rotatable bonds is 1. The van der Waals surface area contributed by atoms with Crippen LogP contribution in [0.25, 0.3) is 0 Å². The minimum atomic E-state index is -0.0276. The lowest BCUT2D eigenvalue weighted by atomic mass is 9.75. The Balaban J connectivity index is 1.61. The largest absolute Gasteiger partial charge is 0.391 e. The molecule has 1 saturated heterocycles. The van der Waals surface area contributed by atoms with Gasteiger partial charge in [-0.05, 0) is 50.5 Å². The van der Waals surface area contributed by atoms with Gasteiger partial charge in [0.05, 0.1) is 6.10 Å². The quantitative estimate of drug-likeness (QED) is 0.738. The third kappa shape index (κ3) is 2.02. The first-order chi connectivity index (χ1) is 7.84. The van der Waals surface area contributed by atoms with E-state index in [0.29, 0.717) is 6.04 Å². The molecule has 2 heteroatoms. The van der Waals surface area contributed by atoms with E-state index in [1.54, 1.807) is 0 Å². The molecule has 0 bridgehead atoms. The first-order valence-electron chi connectivity index (χ1n) is 7.27. The van der Waals surface area contributed by atoms with Crippen LogP contribution < -0.4 is 0 Å². The second kappa shape index (κ2) is 4.66. The van der Waals surface area contributed by atoms with Gasteiger partial charge in [-0.3, -0.25) is 4.90 Å². The van der Waals surface area contributed by atoms with Crippen LogP contribution >= 0.6 is 0 Å². The highest BCUT2D eigenvalue weighted by atomic mass is 16.3. The van der Waals surface area contributed by atoms with E-state index >= 15 is 0 Å². The molecule has 3 fully saturated rings. The van der Waals surface area contributed by atoms with Crippen LogP contribution in [0.5, 0.6) is 0 Å². The SMILES string of the molecule is O[C@@H]1CCC[C@H]1N1CCC2CCCCC2C1. The Kier molecular flexibility index (Phi) is 3.21. The number of aliphatic hydroxyl groups excluding tert-OH is 1. The summed E-state index contributed by atoms with van der Waals surface area (Å²) < 4.78 is 0. The smallest absolute Gasteiger partial charge is 0.0695 e. The highest BCUT2D eigenvalue weighted by molar-refractivity contribution is 4.91. The summed E-state index contributed by atoms with van der Waals surface area (Å²) in [6.45, 7) is 2.54. The van der Waals surface area contributed by atoms with Crippen LogP contribution in [-0.4, -0.2) is 35.2 Å².